The van der Waals surface area contributed by atoms with Crippen LogP contribution in [0.2, 0.25) is 0 Å². The van der Waals surface area contributed by atoms with Gasteiger partial charge in [-0.15, -0.1) is 0 Å². The van der Waals surface area contributed by atoms with Gasteiger partial charge in [0.1, 0.15) is 0 Å². The van der Waals surface area contributed by atoms with E-state index in [1.807, 2.05) is 20.8 Å². The van der Waals surface area contributed by atoms with Crippen LogP contribution in [0.3, 0.4) is 0 Å². The Morgan fingerprint density at radius 3 is 2.42 bits per heavy atom. The molecule has 5 heteroatoms. The van der Waals surface area contributed by atoms with Gasteiger partial charge in [0, 0.05) is 18.0 Å². The average molecular weight is 270 g/mol. The molecule has 0 aromatic rings. The number of aliphatic carboxylic acids is 1. The maximum absolute atomic E-state index is 11.9. The van der Waals surface area contributed by atoms with E-state index in [0.29, 0.717) is 12.3 Å². The molecule has 19 heavy (non-hydrogen) atoms. The van der Waals surface area contributed by atoms with Crippen molar-refractivity contribution in [3.63, 3.8) is 0 Å². The summed E-state index contributed by atoms with van der Waals surface area (Å²) in [7, 11) is 0. The largest absolute Gasteiger partial charge is 0.481 e. The summed E-state index contributed by atoms with van der Waals surface area (Å²) in [5, 5.41) is 14.5. The molecule has 0 saturated heterocycles. The number of carboxylic acids is 1. The lowest BCUT2D eigenvalue weighted by Gasteiger charge is -2.28. The molecule has 1 rings (SSSR count). The Kier molecular flexibility index (Phi) is 5.63. The van der Waals surface area contributed by atoms with Crippen LogP contribution in [0, 0.1) is 5.92 Å². The molecular formula is C14H26N2O3. The van der Waals surface area contributed by atoms with Gasteiger partial charge in [0.15, 0.2) is 0 Å². The number of amides is 2. The highest BCUT2D eigenvalue weighted by molar-refractivity contribution is 5.75. The first-order valence-corrected chi connectivity index (χ1v) is 7.10. The van der Waals surface area contributed by atoms with E-state index in [1.54, 1.807) is 0 Å². The molecule has 0 aromatic carbocycles. The van der Waals surface area contributed by atoms with Gasteiger partial charge in [-0.25, -0.2) is 4.79 Å². The van der Waals surface area contributed by atoms with Crippen molar-refractivity contribution in [2.24, 2.45) is 5.92 Å². The van der Waals surface area contributed by atoms with E-state index >= 15 is 0 Å². The van der Waals surface area contributed by atoms with Crippen molar-refractivity contribution in [2.75, 3.05) is 0 Å². The minimum Gasteiger partial charge on any atom is -0.481 e. The van der Waals surface area contributed by atoms with E-state index < -0.39 is 11.5 Å². The Bertz CT molecular complexity index is 323. The standard InChI is InChI=1S/C14H26N2O3/c1-10(11-6-4-5-7-11)15-13(19)16-14(2,3)9-8-12(17)18/h10-11H,4-9H2,1-3H3,(H,17,18)(H2,15,16,19). The average Bonchev–Trinajstić information content (AvgIpc) is 2.79. The monoisotopic (exact) mass is 270 g/mol. The number of rotatable bonds is 6. The lowest BCUT2D eigenvalue weighted by Crippen LogP contribution is -2.51. The molecule has 3 N–H and O–H groups in total. The highest BCUT2D eigenvalue weighted by atomic mass is 16.4. The first kappa shape index (κ1) is 15.8. The number of hydrogen-bond acceptors (Lipinski definition) is 2. The van der Waals surface area contributed by atoms with Gasteiger partial charge < -0.3 is 15.7 Å². The second-order valence-electron chi connectivity index (χ2n) is 6.21. The number of nitrogens with one attached hydrogen (secondary N) is 2. The molecule has 1 aliphatic rings. The van der Waals surface area contributed by atoms with Crippen LogP contribution >= 0.6 is 0 Å². The molecule has 1 saturated carbocycles. The molecule has 0 bridgehead atoms. The van der Waals surface area contributed by atoms with Crippen LogP contribution in [-0.4, -0.2) is 28.7 Å². The highest BCUT2D eigenvalue weighted by Gasteiger charge is 2.25. The van der Waals surface area contributed by atoms with Crippen LogP contribution in [0.4, 0.5) is 4.79 Å². The minimum atomic E-state index is -0.838. The smallest absolute Gasteiger partial charge is 0.315 e. The van der Waals surface area contributed by atoms with E-state index in [0.717, 1.165) is 0 Å². The Balaban J connectivity index is 2.34. The third-order valence-electron chi connectivity index (χ3n) is 3.88. The fourth-order valence-corrected chi connectivity index (χ4v) is 2.61. The van der Waals surface area contributed by atoms with E-state index in [9.17, 15) is 9.59 Å². The molecule has 5 nitrogen and oxygen atoms in total. The summed E-state index contributed by atoms with van der Waals surface area (Å²) in [5.74, 6) is -0.262. The minimum absolute atomic E-state index is 0.0610. The third-order valence-corrected chi connectivity index (χ3v) is 3.88. The van der Waals surface area contributed by atoms with Crippen molar-refractivity contribution in [1.82, 2.24) is 10.6 Å². The maximum atomic E-state index is 11.9. The van der Waals surface area contributed by atoms with Crippen LogP contribution in [0.25, 0.3) is 0 Å². The van der Waals surface area contributed by atoms with Gasteiger partial charge in [-0.3, -0.25) is 4.79 Å². The van der Waals surface area contributed by atoms with E-state index in [1.165, 1.54) is 25.7 Å². The number of carboxylic acid groups (broad SMARTS) is 1. The van der Waals surface area contributed by atoms with Gasteiger partial charge in [0.25, 0.3) is 0 Å². The zero-order valence-corrected chi connectivity index (χ0v) is 12.2. The molecule has 1 aliphatic carbocycles. The first-order chi connectivity index (χ1) is 8.80. The van der Waals surface area contributed by atoms with Crippen molar-refractivity contribution < 1.29 is 14.7 Å². The molecule has 1 unspecified atom stereocenters. The molecular weight excluding hydrogens is 244 g/mol. The van der Waals surface area contributed by atoms with E-state index in [-0.39, 0.29) is 18.5 Å². The Labute approximate surface area is 115 Å². The Hall–Kier alpha value is -1.26. The molecule has 0 spiro atoms. The molecule has 0 radical (unpaired) electrons. The summed E-state index contributed by atoms with van der Waals surface area (Å²) in [6.07, 6.45) is 5.36. The zero-order valence-electron chi connectivity index (χ0n) is 12.2. The fourth-order valence-electron chi connectivity index (χ4n) is 2.61. The highest BCUT2D eigenvalue weighted by Crippen LogP contribution is 2.27. The van der Waals surface area contributed by atoms with Crippen molar-refractivity contribution in [3.05, 3.63) is 0 Å². The second kappa shape index (κ2) is 6.78. The summed E-state index contributed by atoms with van der Waals surface area (Å²) in [5.41, 5.74) is -0.502. The van der Waals surface area contributed by atoms with Crippen molar-refractivity contribution in [2.45, 2.75) is 70.9 Å². The zero-order chi connectivity index (χ0) is 14.5. The van der Waals surface area contributed by atoms with Crippen molar-refractivity contribution in [3.8, 4) is 0 Å². The normalized spacial score (nSPS) is 18.1. The number of carbonyl (C=O) groups excluding carboxylic acids is 1. The van der Waals surface area contributed by atoms with Gasteiger partial charge in [-0.1, -0.05) is 12.8 Å². The third kappa shape index (κ3) is 5.94. The Morgan fingerprint density at radius 2 is 1.89 bits per heavy atom. The fraction of sp³-hybridized carbons (Fsp3) is 0.857. The maximum Gasteiger partial charge on any atom is 0.315 e. The second-order valence-corrected chi connectivity index (χ2v) is 6.21. The van der Waals surface area contributed by atoms with Gasteiger partial charge in [-0.2, -0.15) is 0 Å². The predicted octanol–water partition coefficient (Wildman–Crippen LogP) is 2.51. The lowest BCUT2D eigenvalue weighted by molar-refractivity contribution is -0.137. The van der Waals surface area contributed by atoms with E-state index in [4.69, 9.17) is 5.11 Å². The number of carbonyl (C=O) groups is 2. The summed E-state index contributed by atoms with van der Waals surface area (Å²) < 4.78 is 0. The predicted molar refractivity (Wildman–Crippen MR) is 74.0 cm³/mol. The summed E-state index contributed by atoms with van der Waals surface area (Å²) in [4.78, 5) is 22.5. The van der Waals surface area contributed by atoms with Crippen LogP contribution in [0.15, 0.2) is 0 Å². The molecule has 2 amide bonds. The van der Waals surface area contributed by atoms with E-state index in [2.05, 4.69) is 10.6 Å². The number of urea groups is 1. The van der Waals surface area contributed by atoms with Gasteiger partial charge >= 0.3 is 12.0 Å². The number of hydrogen-bond donors (Lipinski definition) is 3. The molecule has 0 aromatic heterocycles. The molecule has 0 heterocycles. The molecule has 1 atom stereocenters. The molecule has 110 valence electrons. The van der Waals surface area contributed by atoms with Crippen LogP contribution in [-0.2, 0) is 4.79 Å². The Morgan fingerprint density at radius 1 is 1.32 bits per heavy atom. The van der Waals surface area contributed by atoms with Crippen LogP contribution in [0.1, 0.15) is 59.3 Å². The topological polar surface area (TPSA) is 78.4 Å². The summed E-state index contributed by atoms with van der Waals surface area (Å²) in [6, 6.07) is -0.0208. The van der Waals surface area contributed by atoms with Crippen molar-refractivity contribution >= 4 is 12.0 Å². The van der Waals surface area contributed by atoms with Gasteiger partial charge in [-0.05, 0) is 46.0 Å². The lowest BCUT2D eigenvalue weighted by atomic mass is 9.98. The summed E-state index contributed by atoms with van der Waals surface area (Å²) in [6.45, 7) is 5.73. The molecule has 1 fully saturated rings. The van der Waals surface area contributed by atoms with Crippen molar-refractivity contribution in [1.29, 1.82) is 0 Å². The van der Waals surface area contributed by atoms with Crippen LogP contribution in [0.5, 0.6) is 0 Å². The van der Waals surface area contributed by atoms with Gasteiger partial charge in [0.2, 0.25) is 0 Å². The molecule has 0 aliphatic heterocycles. The van der Waals surface area contributed by atoms with Crippen LogP contribution < -0.4 is 10.6 Å². The quantitative estimate of drug-likeness (QED) is 0.694. The first-order valence-electron chi connectivity index (χ1n) is 7.10. The summed E-state index contributed by atoms with van der Waals surface area (Å²) >= 11 is 0. The SMILES string of the molecule is CC(NC(=O)NC(C)(C)CCC(=O)O)C1CCCC1. The van der Waals surface area contributed by atoms with Gasteiger partial charge in [0.05, 0.1) is 0 Å².